The van der Waals surface area contributed by atoms with Crippen molar-refractivity contribution in [3.05, 3.63) is 47.5 Å². The van der Waals surface area contributed by atoms with Gasteiger partial charge in [-0.2, -0.15) is 0 Å². The van der Waals surface area contributed by atoms with Gasteiger partial charge in [-0.1, -0.05) is 36.9 Å². The predicted molar refractivity (Wildman–Crippen MR) is 61.8 cm³/mol. The van der Waals surface area contributed by atoms with E-state index in [1.54, 1.807) is 7.11 Å². The molecule has 0 aromatic heterocycles. The Kier molecular flexibility index (Phi) is 3.52. The lowest BCUT2D eigenvalue weighted by Crippen LogP contribution is -1.92. The topological polar surface area (TPSA) is 9.23 Å². The monoisotopic (exact) mass is 188 g/mol. The molecule has 1 heteroatoms. The van der Waals surface area contributed by atoms with Crippen LogP contribution >= 0.6 is 0 Å². The quantitative estimate of drug-likeness (QED) is 0.657. The van der Waals surface area contributed by atoms with Crippen LogP contribution in [0.25, 0.3) is 11.8 Å². The lowest BCUT2D eigenvalue weighted by Gasteiger charge is -2.11. The van der Waals surface area contributed by atoms with Gasteiger partial charge >= 0.3 is 0 Å². The molecule has 0 atom stereocenters. The van der Waals surface area contributed by atoms with E-state index in [1.807, 2.05) is 44.2 Å². The molecule has 0 amide bonds. The number of methoxy groups -OCH3 is 1. The Balaban J connectivity index is 3.30. The Morgan fingerprint density at radius 3 is 2.43 bits per heavy atom. The molecule has 0 saturated carbocycles. The molecular weight excluding hydrogens is 172 g/mol. The van der Waals surface area contributed by atoms with E-state index in [0.29, 0.717) is 0 Å². The van der Waals surface area contributed by atoms with E-state index in [2.05, 4.69) is 6.58 Å². The van der Waals surface area contributed by atoms with Crippen molar-refractivity contribution in [2.45, 2.75) is 13.8 Å². The summed E-state index contributed by atoms with van der Waals surface area (Å²) in [4.78, 5) is 0. The first-order valence-corrected chi connectivity index (χ1v) is 4.64. The third-order valence-corrected chi connectivity index (χ3v) is 2.08. The number of ether oxygens (including phenoxy) is 1. The molecule has 74 valence electrons. The highest BCUT2D eigenvalue weighted by atomic mass is 16.5. The van der Waals surface area contributed by atoms with Crippen LogP contribution in [0.4, 0.5) is 0 Å². The molecular formula is C13H16O. The highest BCUT2D eigenvalue weighted by molar-refractivity contribution is 5.71. The summed E-state index contributed by atoms with van der Waals surface area (Å²) in [5, 5.41) is 0. The fourth-order valence-electron chi connectivity index (χ4n) is 1.47. The van der Waals surface area contributed by atoms with Gasteiger partial charge in [0.1, 0.15) is 5.76 Å². The normalized spacial score (nSPS) is 9.36. The summed E-state index contributed by atoms with van der Waals surface area (Å²) in [7, 11) is 1.70. The first-order chi connectivity index (χ1) is 6.70. The van der Waals surface area contributed by atoms with Crippen LogP contribution in [0, 0.1) is 0 Å². The third-order valence-electron chi connectivity index (χ3n) is 2.08. The molecule has 0 fully saturated rings. The van der Waals surface area contributed by atoms with Gasteiger partial charge < -0.3 is 4.74 Å². The standard InChI is InChI=1S/C13H16O/c1-5-11-8-6-7-9-12(11)13(14-4)10(2)3/h5-9H,1H2,2-4H3. The smallest absolute Gasteiger partial charge is 0.125 e. The number of hydrogen-bond donors (Lipinski definition) is 0. The van der Waals surface area contributed by atoms with Crippen molar-refractivity contribution in [2.24, 2.45) is 0 Å². The molecule has 0 aliphatic heterocycles. The summed E-state index contributed by atoms with van der Waals surface area (Å²) in [5.41, 5.74) is 3.37. The molecule has 0 N–H and O–H groups in total. The Labute approximate surface area is 85.7 Å². The fourth-order valence-corrected chi connectivity index (χ4v) is 1.47. The first kappa shape index (κ1) is 10.6. The van der Waals surface area contributed by atoms with E-state index in [9.17, 15) is 0 Å². The minimum atomic E-state index is 0.931. The van der Waals surface area contributed by atoms with Gasteiger partial charge in [0.2, 0.25) is 0 Å². The lowest BCUT2D eigenvalue weighted by molar-refractivity contribution is 0.366. The van der Waals surface area contributed by atoms with Crippen molar-refractivity contribution in [1.29, 1.82) is 0 Å². The number of rotatable bonds is 3. The SMILES string of the molecule is C=Cc1ccccc1C(OC)=C(C)C. The lowest BCUT2D eigenvalue weighted by atomic mass is 10.0. The van der Waals surface area contributed by atoms with Gasteiger partial charge in [-0.15, -0.1) is 0 Å². The van der Waals surface area contributed by atoms with E-state index < -0.39 is 0 Å². The van der Waals surface area contributed by atoms with Crippen molar-refractivity contribution in [3.8, 4) is 0 Å². The average Bonchev–Trinajstić information content (AvgIpc) is 2.19. The van der Waals surface area contributed by atoms with Gasteiger partial charge in [0.15, 0.2) is 0 Å². The molecule has 0 aliphatic rings. The molecule has 1 aromatic carbocycles. The summed E-state index contributed by atoms with van der Waals surface area (Å²) in [6.45, 7) is 7.87. The maximum Gasteiger partial charge on any atom is 0.125 e. The zero-order valence-electron chi connectivity index (χ0n) is 9.00. The van der Waals surface area contributed by atoms with Crippen molar-refractivity contribution < 1.29 is 4.74 Å². The van der Waals surface area contributed by atoms with Crippen molar-refractivity contribution in [3.63, 3.8) is 0 Å². The predicted octanol–water partition coefficient (Wildman–Crippen LogP) is 3.73. The van der Waals surface area contributed by atoms with Crippen LogP contribution in [0.1, 0.15) is 25.0 Å². The van der Waals surface area contributed by atoms with E-state index >= 15 is 0 Å². The Morgan fingerprint density at radius 2 is 1.93 bits per heavy atom. The van der Waals surface area contributed by atoms with Crippen molar-refractivity contribution in [2.75, 3.05) is 7.11 Å². The number of benzene rings is 1. The largest absolute Gasteiger partial charge is 0.496 e. The second kappa shape index (κ2) is 4.66. The third kappa shape index (κ3) is 2.05. The summed E-state index contributed by atoms with van der Waals surface area (Å²) in [5.74, 6) is 0.931. The van der Waals surface area contributed by atoms with Gasteiger partial charge in [0.05, 0.1) is 7.11 Å². The van der Waals surface area contributed by atoms with Crippen LogP contribution in [0.5, 0.6) is 0 Å². The molecule has 0 spiro atoms. The summed E-state index contributed by atoms with van der Waals surface area (Å²) in [6.07, 6.45) is 1.84. The van der Waals surface area contributed by atoms with E-state index in [1.165, 1.54) is 5.57 Å². The van der Waals surface area contributed by atoms with E-state index in [0.717, 1.165) is 16.9 Å². The summed E-state index contributed by atoms with van der Waals surface area (Å²) in [6, 6.07) is 8.08. The average molecular weight is 188 g/mol. The van der Waals surface area contributed by atoms with E-state index in [4.69, 9.17) is 4.74 Å². The maximum atomic E-state index is 5.37. The fraction of sp³-hybridized carbons (Fsp3) is 0.231. The summed E-state index contributed by atoms with van der Waals surface area (Å²) >= 11 is 0. The van der Waals surface area contributed by atoms with Gasteiger partial charge in [-0.05, 0) is 25.0 Å². The number of hydrogen-bond acceptors (Lipinski definition) is 1. The van der Waals surface area contributed by atoms with Gasteiger partial charge in [0.25, 0.3) is 0 Å². The van der Waals surface area contributed by atoms with Crippen molar-refractivity contribution in [1.82, 2.24) is 0 Å². The molecule has 1 nitrogen and oxygen atoms in total. The zero-order valence-corrected chi connectivity index (χ0v) is 9.00. The molecule has 0 unspecified atom stereocenters. The Morgan fingerprint density at radius 1 is 1.29 bits per heavy atom. The molecule has 1 rings (SSSR count). The highest BCUT2D eigenvalue weighted by Gasteiger charge is 2.06. The summed E-state index contributed by atoms with van der Waals surface area (Å²) < 4.78 is 5.37. The Bertz CT molecular complexity index is 357. The second-order valence-corrected chi connectivity index (χ2v) is 3.32. The zero-order chi connectivity index (χ0) is 10.6. The molecule has 14 heavy (non-hydrogen) atoms. The van der Waals surface area contributed by atoms with Crippen LogP contribution in [-0.2, 0) is 4.74 Å². The number of allylic oxidation sites excluding steroid dienone is 1. The molecule has 0 radical (unpaired) electrons. The maximum absolute atomic E-state index is 5.37. The first-order valence-electron chi connectivity index (χ1n) is 4.64. The highest BCUT2D eigenvalue weighted by Crippen LogP contribution is 2.23. The molecule has 1 aromatic rings. The van der Waals surface area contributed by atoms with Crippen LogP contribution in [0.15, 0.2) is 36.4 Å². The molecule has 0 saturated heterocycles. The molecule has 0 bridgehead atoms. The Hall–Kier alpha value is -1.50. The van der Waals surface area contributed by atoms with Gasteiger partial charge in [-0.25, -0.2) is 0 Å². The van der Waals surface area contributed by atoms with Crippen LogP contribution in [0.3, 0.4) is 0 Å². The minimum Gasteiger partial charge on any atom is -0.496 e. The van der Waals surface area contributed by atoms with Gasteiger partial charge in [0, 0.05) is 5.56 Å². The van der Waals surface area contributed by atoms with Crippen LogP contribution in [0.2, 0.25) is 0 Å². The van der Waals surface area contributed by atoms with Crippen LogP contribution < -0.4 is 0 Å². The molecule has 0 heterocycles. The second-order valence-electron chi connectivity index (χ2n) is 3.32. The van der Waals surface area contributed by atoms with Gasteiger partial charge in [-0.3, -0.25) is 0 Å². The van der Waals surface area contributed by atoms with E-state index in [-0.39, 0.29) is 0 Å². The molecule has 0 aliphatic carbocycles. The minimum absolute atomic E-state index is 0.931. The van der Waals surface area contributed by atoms with Crippen molar-refractivity contribution >= 4 is 11.8 Å². The van der Waals surface area contributed by atoms with Crippen LogP contribution in [-0.4, -0.2) is 7.11 Å².